The summed E-state index contributed by atoms with van der Waals surface area (Å²) in [5.74, 6) is 0. The van der Waals surface area contributed by atoms with Crippen LogP contribution in [0, 0.1) is 0 Å². The van der Waals surface area contributed by atoms with E-state index in [0.29, 0.717) is 6.04 Å². The number of piperazine rings is 1. The zero-order valence-corrected chi connectivity index (χ0v) is 15.4. The van der Waals surface area contributed by atoms with Crippen molar-refractivity contribution < 1.29 is 0 Å². The Bertz CT molecular complexity index is 667. The second kappa shape index (κ2) is 8.15. The Morgan fingerprint density at radius 2 is 2.00 bits per heavy atom. The first-order valence-corrected chi connectivity index (χ1v) is 9.21. The number of fused-ring (bicyclic) bond motifs is 1. The van der Waals surface area contributed by atoms with E-state index in [1.807, 2.05) is 30.5 Å². The summed E-state index contributed by atoms with van der Waals surface area (Å²) in [4.78, 5) is 9.39. The van der Waals surface area contributed by atoms with E-state index in [0.717, 1.165) is 21.6 Å². The number of halogens is 1. The predicted octanol–water partition coefficient (Wildman–Crippen LogP) is 3.72. The van der Waals surface area contributed by atoms with Crippen molar-refractivity contribution in [3.05, 3.63) is 35.5 Å². The topological polar surface area (TPSA) is 31.4 Å². The summed E-state index contributed by atoms with van der Waals surface area (Å²) >= 11 is 6.06. The Hall–Kier alpha value is -1.36. The summed E-state index contributed by atoms with van der Waals surface area (Å²) in [7, 11) is 2.20. The van der Waals surface area contributed by atoms with Gasteiger partial charge >= 0.3 is 0 Å². The number of nitrogens with zero attached hydrogens (tertiary/aromatic N) is 3. The molecule has 1 aliphatic rings. The molecule has 0 spiro atoms. The summed E-state index contributed by atoms with van der Waals surface area (Å²) < 4.78 is 0. The first kappa shape index (κ1) is 17.5. The molecule has 24 heavy (non-hydrogen) atoms. The molecule has 3 rings (SSSR count). The minimum absolute atomic E-state index is 0.443. The molecular formula is C19H27ClN4. The number of hydrogen-bond donors (Lipinski definition) is 1. The van der Waals surface area contributed by atoms with E-state index >= 15 is 0 Å². The fraction of sp³-hybridized carbons (Fsp3) is 0.526. The summed E-state index contributed by atoms with van der Waals surface area (Å²) in [5.41, 5.74) is 2.08. The highest BCUT2D eigenvalue weighted by molar-refractivity contribution is 6.31. The highest BCUT2D eigenvalue weighted by atomic mass is 35.5. The molecule has 0 radical (unpaired) electrons. The van der Waals surface area contributed by atoms with Gasteiger partial charge in [-0.1, -0.05) is 11.6 Å². The summed E-state index contributed by atoms with van der Waals surface area (Å²) in [5, 5.41) is 5.50. The molecule has 0 aliphatic carbocycles. The lowest BCUT2D eigenvalue weighted by molar-refractivity contribution is 0.152. The SMILES string of the molecule is C[C@H](CCCN1CCN(C)CC1)Nc1ccnc2cc(Cl)ccc12. The van der Waals surface area contributed by atoms with Gasteiger partial charge in [-0.2, -0.15) is 0 Å². The van der Waals surface area contributed by atoms with E-state index in [-0.39, 0.29) is 0 Å². The van der Waals surface area contributed by atoms with Crippen LogP contribution in [0.15, 0.2) is 30.5 Å². The quantitative estimate of drug-likeness (QED) is 0.863. The number of pyridine rings is 1. The van der Waals surface area contributed by atoms with Crippen LogP contribution in [0.1, 0.15) is 19.8 Å². The van der Waals surface area contributed by atoms with E-state index in [9.17, 15) is 0 Å². The molecule has 2 aromatic rings. The minimum atomic E-state index is 0.443. The van der Waals surface area contributed by atoms with Crippen molar-refractivity contribution in [2.24, 2.45) is 0 Å². The molecular weight excluding hydrogens is 320 g/mol. The molecule has 1 atom stereocenters. The molecule has 4 nitrogen and oxygen atoms in total. The number of hydrogen-bond acceptors (Lipinski definition) is 4. The lowest BCUT2D eigenvalue weighted by atomic mass is 10.1. The van der Waals surface area contributed by atoms with E-state index < -0.39 is 0 Å². The lowest BCUT2D eigenvalue weighted by Crippen LogP contribution is -2.44. The largest absolute Gasteiger partial charge is 0.382 e. The molecule has 1 aliphatic heterocycles. The van der Waals surface area contributed by atoms with Gasteiger partial charge in [-0.15, -0.1) is 0 Å². The number of rotatable bonds is 6. The van der Waals surface area contributed by atoms with Gasteiger partial charge in [0.2, 0.25) is 0 Å². The highest BCUT2D eigenvalue weighted by Crippen LogP contribution is 2.25. The molecule has 1 aromatic heterocycles. The number of nitrogens with one attached hydrogen (secondary N) is 1. The maximum Gasteiger partial charge on any atom is 0.0737 e. The van der Waals surface area contributed by atoms with Crippen LogP contribution in [0.4, 0.5) is 5.69 Å². The molecule has 0 unspecified atom stereocenters. The normalized spacial score (nSPS) is 18.0. The fourth-order valence-electron chi connectivity index (χ4n) is 3.28. The summed E-state index contributed by atoms with van der Waals surface area (Å²) in [6, 6.07) is 8.38. The van der Waals surface area contributed by atoms with Gasteiger partial charge in [0, 0.05) is 54.5 Å². The monoisotopic (exact) mass is 346 g/mol. The van der Waals surface area contributed by atoms with E-state index in [4.69, 9.17) is 11.6 Å². The maximum atomic E-state index is 6.06. The molecule has 2 heterocycles. The van der Waals surface area contributed by atoms with Crippen molar-refractivity contribution in [1.29, 1.82) is 0 Å². The van der Waals surface area contributed by atoms with Gasteiger partial charge in [0.05, 0.1) is 5.52 Å². The average Bonchev–Trinajstić information content (AvgIpc) is 2.56. The van der Waals surface area contributed by atoms with Crippen LogP contribution in [0.5, 0.6) is 0 Å². The van der Waals surface area contributed by atoms with Crippen molar-refractivity contribution in [3.8, 4) is 0 Å². The fourth-order valence-corrected chi connectivity index (χ4v) is 3.44. The lowest BCUT2D eigenvalue weighted by Gasteiger charge is -2.32. The molecule has 1 fully saturated rings. The molecule has 0 bridgehead atoms. The Kier molecular flexibility index (Phi) is 5.93. The van der Waals surface area contributed by atoms with Crippen LogP contribution < -0.4 is 5.32 Å². The van der Waals surface area contributed by atoms with Crippen molar-refractivity contribution in [2.45, 2.75) is 25.8 Å². The molecule has 1 saturated heterocycles. The number of likely N-dealkylation sites (N-methyl/N-ethyl adjacent to an activating group) is 1. The zero-order valence-electron chi connectivity index (χ0n) is 14.6. The maximum absolute atomic E-state index is 6.06. The van der Waals surface area contributed by atoms with E-state index in [2.05, 4.69) is 34.1 Å². The molecule has 5 heteroatoms. The first-order valence-electron chi connectivity index (χ1n) is 8.83. The van der Waals surface area contributed by atoms with Crippen LogP contribution in [-0.2, 0) is 0 Å². The zero-order chi connectivity index (χ0) is 16.9. The molecule has 1 aromatic carbocycles. The summed E-state index contributed by atoms with van der Waals surface area (Å²) in [6.07, 6.45) is 4.24. The minimum Gasteiger partial charge on any atom is -0.382 e. The molecule has 130 valence electrons. The smallest absolute Gasteiger partial charge is 0.0737 e. The molecule has 1 N–H and O–H groups in total. The third kappa shape index (κ3) is 4.59. The first-order chi connectivity index (χ1) is 11.6. The van der Waals surface area contributed by atoms with Gasteiger partial charge in [-0.3, -0.25) is 4.98 Å². The second-order valence-corrected chi connectivity index (χ2v) is 7.29. The second-order valence-electron chi connectivity index (χ2n) is 6.85. The van der Waals surface area contributed by atoms with Crippen LogP contribution >= 0.6 is 11.6 Å². The van der Waals surface area contributed by atoms with Crippen LogP contribution in [-0.4, -0.2) is 60.6 Å². The Morgan fingerprint density at radius 3 is 2.79 bits per heavy atom. The van der Waals surface area contributed by atoms with Crippen molar-refractivity contribution in [3.63, 3.8) is 0 Å². The molecule has 0 saturated carbocycles. The number of anilines is 1. The number of aromatic nitrogens is 1. The van der Waals surface area contributed by atoms with Gasteiger partial charge < -0.3 is 15.1 Å². The number of benzene rings is 1. The van der Waals surface area contributed by atoms with Crippen LogP contribution in [0.3, 0.4) is 0 Å². The summed E-state index contributed by atoms with van der Waals surface area (Å²) in [6.45, 7) is 8.25. The standard InChI is InChI=1S/C19H27ClN4/c1-15(4-3-9-24-12-10-23(2)11-13-24)22-18-7-8-21-19-14-16(20)5-6-17(18)19/h5-8,14-15H,3-4,9-13H2,1-2H3,(H,21,22)/t15-/m1/s1. The predicted molar refractivity (Wildman–Crippen MR) is 103 cm³/mol. The third-order valence-corrected chi connectivity index (χ3v) is 5.05. The van der Waals surface area contributed by atoms with Crippen molar-refractivity contribution in [1.82, 2.24) is 14.8 Å². The van der Waals surface area contributed by atoms with Gasteiger partial charge in [-0.25, -0.2) is 0 Å². The Labute approximate surface area is 149 Å². The Morgan fingerprint density at radius 1 is 1.21 bits per heavy atom. The van der Waals surface area contributed by atoms with Gasteiger partial charge in [0.1, 0.15) is 0 Å². The van der Waals surface area contributed by atoms with Crippen molar-refractivity contribution in [2.75, 3.05) is 45.1 Å². The van der Waals surface area contributed by atoms with Crippen LogP contribution in [0.2, 0.25) is 5.02 Å². The van der Waals surface area contributed by atoms with Gasteiger partial charge in [0.25, 0.3) is 0 Å². The van der Waals surface area contributed by atoms with Gasteiger partial charge in [-0.05, 0) is 57.6 Å². The average molecular weight is 347 g/mol. The Balaban J connectivity index is 1.51. The highest BCUT2D eigenvalue weighted by Gasteiger charge is 2.13. The van der Waals surface area contributed by atoms with E-state index in [1.165, 1.54) is 45.6 Å². The van der Waals surface area contributed by atoms with Crippen LogP contribution in [0.25, 0.3) is 10.9 Å². The van der Waals surface area contributed by atoms with Gasteiger partial charge in [0.15, 0.2) is 0 Å². The molecule has 0 amide bonds. The van der Waals surface area contributed by atoms with Crippen molar-refractivity contribution >= 4 is 28.2 Å². The third-order valence-electron chi connectivity index (χ3n) is 4.81. The van der Waals surface area contributed by atoms with E-state index in [1.54, 1.807) is 0 Å².